The molecule has 1 aromatic heterocycles. The quantitative estimate of drug-likeness (QED) is 0.793. The highest BCUT2D eigenvalue weighted by molar-refractivity contribution is 5.10. The van der Waals surface area contributed by atoms with Crippen LogP contribution in [-0.2, 0) is 19.5 Å². The summed E-state index contributed by atoms with van der Waals surface area (Å²) in [4.78, 5) is 0. The first-order valence-electron chi connectivity index (χ1n) is 6.65. The van der Waals surface area contributed by atoms with Crippen molar-refractivity contribution in [2.45, 2.75) is 60.0 Å². The minimum absolute atomic E-state index is 0.495. The molecule has 0 radical (unpaired) electrons. The van der Waals surface area contributed by atoms with Crippen molar-refractivity contribution in [1.29, 1.82) is 0 Å². The van der Waals surface area contributed by atoms with Gasteiger partial charge in [0, 0.05) is 13.1 Å². The van der Waals surface area contributed by atoms with E-state index in [-0.39, 0.29) is 0 Å². The van der Waals surface area contributed by atoms with Crippen LogP contribution in [-0.4, -0.2) is 15.0 Å². The van der Waals surface area contributed by atoms with Gasteiger partial charge in [0.1, 0.15) is 0 Å². The van der Waals surface area contributed by atoms with E-state index in [0.29, 0.717) is 18.4 Å². The molecule has 0 saturated carbocycles. The number of rotatable bonds is 7. The first-order chi connectivity index (χ1) is 8.04. The Bertz CT molecular complexity index is 328. The minimum atomic E-state index is 0.495. The zero-order valence-electron chi connectivity index (χ0n) is 11.6. The lowest BCUT2D eigenvalue weighted by molar-refractivity contribution is 0.459. The van der Waals surface area contributed by atoms with E-state index in [4.69, 9.17) is 5.73 Å². The lowest BCUT2D eigenvalue weighted by Crippen LogP contribution is -2.10. The summed E-state index contributed by atoms with van der Waals surface area (Å²) in [5, 5.41) is 8.40. The topological polar surface area (TPSA) is 56.7 Å². The van der Waals surface area contributed by atoms with Crippen LogP contribution in [0.5, 0.6) is 0 Å². The van der Waals surface area contributed by atoms with Crippen molar-refractivity contribution in [3.8, 4) is 0 Å². The maximum Gasteiger partial charge on any atom is 0.0994 e. The van der Waals surface area contributed by atoms with Crippen molar-refractivity contribution in [1.82, 2.24) is 15.0 Å². The Labute approximate surface area is 105 Å². The summed E-state index contributed by atoms with van der Waals surface area (Å²) in [5.74, 6) is 1.40. The van der Waals surface area contributed by atoms with Crippen LogP contribution in [0.1, 0.15) is 51.9 Å². The number of hydrogen-bond donors (Lipinski definition) is 1. The molecular weight excluding hydrogens is 212 g/mol. The molecule has 1 aromatic rings. The van der Waals surface area contributed by atoms with Gasteiger partial charge in [-0.25, -0.2) is 4.68 Å². The van der Waals surface area contributed by atoms with E-state index in [2.05, 4.69) is 38.0 Å². The van der Waals surface area contributed by atoms with Crippen LogP contribution >= 0.6 is 0 Å². The number of aromatic nitrogens is 3. The summed E-state index contributed by atoms with van der Waals surface area (Å²) in [7, 11) is 0. The van der Waals surface area contributed by atoms with E-state index in [1.807, 2.05) is 4.68 Å². The summed E-state index contributed by atoms with van der Waals surface area (Å²) in [6.07, 6.45) is 3.35. The standard InChI is InChI=1S/C13H26N4/c1-10(2)5-6-13-12(9-14)15-16-17(13)8-7-11(3)4/h10-11H,5-9,14H2,1-4H3. The normalized spacial score (nSPS) is 11.7. The summed E-state index contributed by atoms with van der Waals surface area (Å²) in [5.41, 5.74) is 7.92. The number of aryl methyl sites for hydroxylation is 1. The van der Waals surface area contributed by atoms with Crippen LogP contribution in [0.25, 0.3) is 0 Å². The van der Waals surface area contributed by atoms with Gasteiger partial charge in [0.25, 0.3) is 0 Å². The van der Waals surface area contributed by atoms with Crippen molar-refractivity contribution < 1.29 is 0 Å². The van der Waals surface area contributed by atoms with Crippen LogP contribution in [0.3, 0.4) is 0 Å². The molecule has 0 amide bonds. The van der Waals surface area contributed by atoms with Gasteiger partial charge in [0.05, 0.1) is 11.4 Å². The number of nitrogens with zero attached hydrogens (tertiary/aromatic N) is 3. The third-order valence-electron chi connectivity index (χ3n) is 2.99. The average molecular weight is 238 g/mol. The fraction of sp³-hybridized carbons (Fsp3) is 0.846. The van der Waals surface area contributed by atoms with Crippen LogP contribution in [0, 0.1) is 11.8 Å². The van der Waals surface area contributed by atoms with E-state index in [1.165, 1.54) is 12.1 Å². The molecule has 0 saturated heterocycles. The Hall–Kier alpha value is -0.900. The monoisotopic (exact) mass is 238 g/mol. The SMILES string of the molecule is CC(C)CCc1c(CN)nnn1CCC(C)C. The van der Waals surface area contributed by atoms with Crippen molar-refractivity contribution in [3.63, 3.8) is 0 Å². The zero-order valence-corrected chi connectivity index (χ0v) is 11.6. The zero-order chi connectivity index (χ0) is 12.8. The highest BCUT2D eigenvalue weighted by Gasteiger charge is 2.12. The molecule has 0 unspecified atom stereocenters. The van der Waals surface area contributed by atoms with Gasteiger partial charge in [-0.1, -0.05) is 32.9 Å². The predicted molar refractivity (Wildman–Crippen MR) is 70.5 cm³/mol. The molecule has 0 spiro atoms. The van der Waals surface area contributed by atoms with E-state index < -0.39 is 0 Å². The van der Waals surface area contributed by atoms with E-state index in [0.717, 1.165) is 25.1 Å². The molecule has 2 N–H and O–H groups in total. The van der Waals surface area contributed by atoms with Gasteiger partial charge in [-0.3, -0.25) is 0 Å². The van der Waals surface area contributed by atoms with Crippen LogP contribution in [0.15, 0.2) is 0 Å². The molecule has 1 rings (SSSR count). The summed E-state index contributed by atoms with van der Waals surface area (Å²) < 4.78 is 2.05. The summed E-state index contributed by atoms with van der Waals surface area (Å²) in [6.45, 7) is 10.4. The van der Waals surface area contributed by atoms with E-state index in [1.54, 1.807) is 0 Å². The third kappa shape index (κ3) is 4.46. The summed E-state index contributed by atoms with van der Waals surface area (Å²) in [6, 6.07) is 0. The van der Waals surface area contributed by atoms with E-state index in [9.17, 15) is 0 Å². The molecule has 0 bridgehead atoms. The van der Waals surface area contributed by atoms with Gasteiger partial charge in [-0.15, -0.1) is 5.10 Å². The maximum atomic E-state index is 5.71. The highest BCUT2D eigenvalue weighted by Crippen LogP contribution is 2.13. The molecule has 4 heteroatoms. The molecule has 17 heavy (non-hydrogen) atoms. The number of hydrogen-bond acceptors (Lipinski definition) is 3. The summed E-state index contributed by atoms with van der Waals surface area (Å²) >= 11 is 0. The van der Waals surface area contributed by atoms with Gasteiger partial charge >= 0.3 is 0 Å². The second-order valence-electron chi connectivity index (χ2n) is 5.53. The van der Waals surface area contributed by atoms with Crippen LogP contribution < -0.4 is 5.73 Å². The first-order valence-corrected chi connectivity index (χ1v) is 6.65. The highest BCUT2D eigenvalue weighted by atomic mass is 15.4. The molecule has 0 fully saturated rings. The maximum absolute atomic E-state index is 5.71. The van der Waals surface area contributed by atoms with Crippen LogP contribution in [0.4, 0.5) is 0 Å². The van der Waals surface area contributed by atoms with Gasteiger partial charge < -0.3 is 5.73 Å². The lowest BCUT2D eigenvalue weighted by Gasteiger charge is -2.10. The second kappa shape index (κ2) is 6.74. The number of nitrogens with two attached hydrogens (primary N) is 1. The molecule has 98 valence electrons. The Morgan fingerprint density at radius 3 is 2.29 bits per heavy atom. The van der Waals surface area contributed by atoms with Gasteiger partial charge in [-0.05, 0) is 31.1 Å². The predicted octanol–water partition coefficient (Wildman–Crippen LogP) is 2.37. The lowest BCUT2D eigenvalue weighted by atomic mass is 10.0. The van der Waals surface area contributed by atoms with Gasteiger partial charge in [0.15, 0.2) is 0 Å². The Balaban J connectivity index is 2.71. The molecule has 0 aliphatic rings. The molecular formula is C13H26N4. The molecule has 0 atom stereocenters. The smallest absolute Gasteiger partial charge is 0.0994 e. The molecule has 0 aromatic carbocycles. The fourth-order valence-corrected chi connectivity index (χ4v) is 1.79. The Morgan fingerprint density at radius 1 is 1.12 bits per heavy atom. The largest absolute Gasteiger partial charge is 0.325 e. The van der Waals surface area contributed by atoms with Crippen molar-refractivity contribution in [2.75, 3.05) is 0 Å². The van der Waals surface area contributed by atoms with Crippen molar-refractivity contribution in [3.05, 3.63) is 11.4 Å². The molecule has 0 aliphatic carbocycles. The molecule has 4 nitrogen and oxygen atoms in total. The van der Waals surface area contributed by atoms with Crippen LogP contribution in [0.2, 0.25) is 0 Å². The van der Waals surface area contributed by atoms with Gasteiger partial charge in [0.2, 0.25) is 0 Å². The average Bonchev–Trinajstić information content (AvgIpc) is 2.65. The first kappa shape index (κ1) is 14.2. The fourth-order valence-electron chi connectivity index (χ4n) is 1.79. The van der Waals surface area contributed by atoms with Gasteiger partial charge in [-0.2, -0.15) is 0 Å². The molecule has 1 heterocycles. The van der Waals surface area contributed by atoms with E-state index >= 15 is 0 Å². The second-order valence-corrected chi connectivity index (χ2v) is 5.53. The Morgan fingerprint density at radius 2 is 1.76 bits per heavy atom. The van der Waals surface area contributed by atoms with Crippen molar-refractivity contribution in [2.24, 2.45) is 17.6 Å². The minimum Gasteiger partial charge on any atom is -0.325 e. The third-order valence-corrected chi connectivity index (χ3v) is 2.99. The molecule has 0 aliphatic heterocycles. The Kier molecular flexibility index (Phi) is 5.62. The van der Waals surface area contributed by atoms with Crippen molar-refractivity contribution >= 4 is 0 Å².